The first kappa shape index (κ1) is 25.4. The molecule has 0 bridgehead atoms. The molecule has 0 saturated carbocycles. The highest BCUT2D eigenvalue weighted by molar-refractivity contribution is 7.23. The average molecular weight is 548 g/mol. The van der Waals surface area contributed by atoms with Gasteiger partial charge >= 0.3 is 5.69 Å². The van der Waals surface area contributed by atoms with Crippen LogP contribution in [-0.4, -0.2) is 81.0 Å². The van der Waals surface area contributed by atoms with Crippen LogP contribution in [0.25, 0.3) is 21.4 Å². The van der Waals surface area contributed by atoms with E-state index in [0.29, 0.717) is 47.7 Å². The molecule has 5 rings (SSSR count). The minimum Gasteiger partial charge on any atom is -0.494 e. The molecule has 1 amide bonds. The minimum absolute atomic E-state index is 0.159. The molecule has 4 aromatic rings. The second-order valence-electron chi connectivity index (χ2n) is 8.67. The molecule has 0 spiro atoms. The number of methoxy groups -OCH3 is 1. The van der Waals surface area contributed by atoms with E-state index in [-0.39, 0.29) is 23.6 Å². The van der Waals surface area contributed by atoms with Crippen LogP contribution >= 0.6 is 22.9 Å². The highest BCUT2D eigenvalue weighted by atomic mass is 35.5. The number of anilines is 1. The maximum absolute atomic E-state index is 13.8. The molecule has 196 valence electrons. The van der Waals surface area contributed by atoms with Crippen molar-refractivity contribution in [3.8, 4) is 5.75 Å². The van der Waals surface area contributed by atoms with E-state index in [1.807, 2.05) is 0 Å². The number of hydrogen-bond acceptors (Lipinski definition) is 9. The van der Waals surface area contributed by atoms with Crippen LogP contribution in [0.4, 0.5) is 5.13 Å². The van der Waals surface area contributed by atoms with E-state index in [0.717, 1.165) is 22.4 Å². The summed E-state index contributed by atoms with van der Waals surface area (Å²) in [5.74, 6) is 0.283. The van der Waals surface area contributed by atoms with Gasteiger partial charge in [-0.1, -0.05) is 22.9 Å². The SMILES string of the molecule is COc1ccc(Cl)c2sc(N(CCN3CCOCC3)C(=O)Cn3cnc4c3c(=O)n(C)c(=O)n4C)nc12. The summed E-state index contributed by atoms with van der Waals surface area (Å²) in [5, 5.41) is 0.995. The van der Waals surface area contributed by atoms with Crippen LogP contribution in [0.3, 0.4) is 0 Å². The Bertz CT molecular complexity index is 1600. The molecule has 3 aromatic heterocycles. The van der Waals surface area contributed by atoms with Gasteiger partial charge in [-0.3, -0.25) is 28.5 Å². The average Bonchev–Trinajstić information content (AvgIpc) is 3.53. The van der Waals surface area contributed by atoms with Gasteiger partial charge in [0.15, 0.2) is 16.3 Å². The number of halogens is 1. The van der Waals surface area contributed by atoms with Gasteiger partial charge in [-0.05, 0) is 12.1 Å². The molecule has 37 heavy (non-hydrogen) atoms. The summed E-state index contributed by atoms with van der Waals surface area (Å²) in [6.07, 6.45) is 1.40. The lowest BCUT2D eigenvalue weighted by atomic mass is 10.3. The molecule has 0 atom stereocenters. The number of hydrogen-bond donors (Lipinski definition) is 0. The van der Waals surface area contributed by atoms with Crippen molar-refractivity contribution in [3.05, 3.63) is 44.3 Å². The van der Waals surface area contributed by atoms with Gasteiger partial charge in [0.05, 0.1) is 36.4 Å². The van der Waals surface area contributed by atoms with Crippen molar-refractivity contribution in [2.75, 3.05) is 51.4 Å². The van der Waals surface area contributed by atoms with Gasteiger partial charge in [0.25, 0.3) is 5.56 Å². The van der Waals surface area contributed by atoms with E-state index in [4.69, 9.17) is 26.1 Å². The van der Waals surface area contributed by atoms with Crippen LogP contribution in [-0.2, 0) is 30.2 Å². The minimum atomic E-state index is -0.514. The fraction of sp³-hybridized carbons (Fsp3) is 0.435. The third-order valence-electron chi connectivity index (χ3n) is 6.47. The van der Waals surface area contributed by atoms with Gasteiger partial charge in [0.2, 0.25) is 5.91 Å². The molecule has 4 heterocycles. The van der Waals surface area contributed by atoms with Gasteiger partial charge < -0.3 is 14.0 Å². The standard InChI is InChI=1S/C23H26ClN7O5S/c1-27-20-18(21(33)28(2)23(27)34)30(13-25-20)12-16(32)31(7-6-29-8-10-36-11-9-29)22-26-17-15(35-3)5-4-14(24)19(17)37-22/h4-5,13H,6-12H2,1-3H3. The molecule has 12 nitrogen and oxygen atoms in total. The van der Waals surface area contributed by atoms with Crippen LogP contribution in [0.15, 0.2) is 28.0 Å². The van der Waals surface area contributed by atoms with E-state index in [2.05, 4.69) is 9.88 Å². The van der Waals surface area contributed by atoms with Crippen LogP contribution in [0.1, 0.15) is 0 Å². The number of amides is 1. The monoisotopic (exact) mass is 547 g/mol. The van der Waals surface area contributed by atoms with Crippen LogP contribution in [0, 0.1) is 0 Å². The van der Waals surface area contributed by atoms with Gasteiger partial charge in [-0.25, -0.2) is 14.8 Å². The predicted molar refractivity (Wildman–Crippen MR) is 141 cm³/mol. The number of benzene rings is 1. The topological polar surface area (TPSA) is 117 Å². The summed E-state index contributed by atoms with van der Waals surface area (Å²) in [6, 6.07) is 3.48. The molecule has 0 unspecified atom stereocenters. The molecule has 1 aromatic carbocycles. The Morgan fingerprint density at radius 3 is 2.70 bits per heavy atom. The zero-order valence-electron chi connectivity index (χ0n) is 20.6. The number of thiazole rings is 1. The number of aryl methyl sites for hydroxylation is 1. The van der Waals surface area contributed by atoms with E-state index >= 15 is 0 Å². The third-order valence-corrected chi connectivity index (χ3v) is 8.00. The Labute approximate surface area is 220 Å². The maximum Gasteiger partial charge on any atom is 0.332 e. The molecule has 14 heteroatoms. The molecule has 0 N–H and O–H groups in total. The van der Waals surface area contributed by atoms with E-state index < -0.39 is 11.2 Å². The number of nitrogens with zero attached hydrogens (tertiary/aromatic N) is 7. The number of aromatic nitrogens is 5. The summed E-state index contributed by atoms with van der Waals surface area (Å²) >= 11 is 7.74. The van der Waals surface area contributed by atoms with E-state index in [1.54, 1.807) is 24.1 Å². The molecule has 1 aliphatic rings. The summed E-state index contributed by atoms with van der Waals surface area (Å²) in [5.41, 5.74) is -0.0187. The number of ether oxygens (including phenoxy) is 2. The van der Waals surface area contributed by atoms with Crippen LogP contribution in [0.2, 0.25) is 5.02 Å². The number of carbonyl (C=O) groups excluding carboxylic acids is 1. The molecule has 1 saturated heterocycles. The van der Waals surface area contributed by atoms with Crippen molar-refractivity contribution in [2.45, 2.75) is 6.54 Å². The molecule has 1 aliphatic heterocycles. The highest BCUT2D eigenvalue weighted by Gasteiger charge is 2.25. The highest BCUT2D eigenvalue weighted by Crippen LogP contribution is 2.38. The van der Waals surface area contributed by atoms with Crippen molar-refractivity contribution in [1.29, 1.82) is 0 Å². The normalized spacial score (nSPS) is 14.5. The quantitative estimate of drug-likeness (QED) is 0.337. The first-order valence-electron chi connectivity index (χ1n) is 11.6. The maximum atomic E-state index is 13.8. The largest absolute Gasteiger partial charge is 0.494 e. The Kier molecular flexibility index (Phi) is 7.03. The molecule has 0 radical (unpaired) electrons. The van der Waals surface area contributed by atoms with Gasteiger partial charge in [0, 0.05) is 40.3 Å². The van der Waals surface area contributed by atoms with E-state index in [1.165, 1.54) is 40.9 Å². The Morgan fingerprint density at radius 1 is 1.22 bits per heavy atom. The molecule has 0 aliphatic carbocycles. The Balaban J connectivity index is 1.52. The number of fused-ring (bicyclic) bond motifs is 2. The lowest BCUT2D eigenvalue weighted by molar-refractivity contribution is -0.119. The van der Waals surface area contributed by atoms with Crippen molar-refractivity contribution in [3.63, 3.8) is 0 Å². The van der Waals surface area contributed by atoms with Crippen LogP contribution < -0.4 is 20.9 Å². The molecular weight excluding hydrogens is 522 g/mol. The van der Waals surface area contributed by atoms with Crippen molar-refractivity contribution >= 4 is 55.4 Å². The van der Waals surface area contributed by atoms with Crippen molar-refractivity contribution in [1.82, 2.24) is 28.6 Å². The Morgan fingerprint density at radius 2 is 1.97 bits per heavy atom. The second-order valence-corrected chi connectivity index (χ2v) is 10.1. The Hall–Kier alpha value is -3.26. The molecular formula is C23H26ClN7O5S. The van der Waals surface area contributed by atoms with Gasteiger partial charge in [-0.2, -0.15) is 0 Å². The number of carbonyl (C=O) groups is 1. The number of morpholine rings is 1. The predicted octanol–water partition coefficient (Wildman–Crippen LogP) is 1.07. The zero-order chi connectivity index (χ0) is 26.3. The third kappa shape index (κ3) is 4.63. The lowest BCUT2D eigenvalue weighted by Crippen LogP contribution is -2.44. The number of imidazole rings is 1. The van der Waals surface area contributed by atoms with E-state index in [9.17, 15) is 14.4 Å². The first-order valence-corrected chi connectivity index (χ1v) is 12.8. The first-order chi connectivity index (χ1) is 17.8. The fourth-order valence-electron chi connectivity index (χ4n) is 4.36. The van der Waals surface area contributed by atoms with Gasteiger partial charge in [0.1, 0.15) is 17.8 Å². The molecule has 1 fully saturated rings. The van der Waals surface area contributed by atoms with Crippen molar-refractivity contribution in [2.24, 2.45) is 14.1 Å². The van der Waals surface area contributed by atoms with Crippen molar-refractivity contribution < 1.29 is 14.3 Å². The fourth-order valence-corrected chi connectivity index (χ4v) is 5.66. The summed E-state index contributed by atoms with van der Waals surface area (Å²) in [7, 11) is 4.49. The summed E-state index contributed by atoms with van der Waals surface area (Å²) in [6.45, 7) is 3.68. The number of rotatable bonds is 7. The van der Waals surface area contributed by atoms with Crippen LogP contribution in [0.5, 0.6) is 5.75 Å². The summed E-state index contributed by atoms with van der Waals surface area (Å²) in [4.78, 5) is 51.7. The smallest absolute Gasteiger partial charge is 0.332 e. The lowest BCUT2D eigenvalue weighted by Gasteiger charge is -2.29. The van der Waals surface area contributed by atoms with Gasteiger partial charge in [-0.15, -0.1) is 0 Å². The summed E-state index contributed by atoms with van der Waals surface area (Å²) < 4.78 is 15.4. The second kappa shape index (κ2) is 10.2. The zero-order valence-corrected chi connectivity index (χ0v) is 22.2.